The number of ether oxygens (including phenoxy) is 1. The number of nitrogens with zero attached hydrogens (tertiary/aromatic N) is 1. The van der Waals surface area contributed by atoms with Crippen LogP contribution in [-0.4, -0.2) is 24.1 Å². The second kappa shape index (κ2) is 5.81. The Morgan fingerprint density at radius 2 is 2.44 bits per heavy atom. The molecule has 1 aromatic rings. The molecule has 1 heterocycles. The van der Waals surface area contributed by atoms with Crippen LogP contribution < -0.4 is 11.1 Å². The van der Waals surface area contributed by atoms with Gasteiger partial charge in [-0.3, -0.25) is 4.79 Å². The van der Waals surface area contributed by atoms with Crippen molar-refractivity contribution in [2.45, 2.75) is 19.5 Å². The maximum absolute atomic E-state index is 11.1. The highest BCUT2D eigenvalue weighted by Gasteiger charge is 2.12. The molecule has 1 aromatic heterocycles. The number of hydrogen-bond donors (Lipinski definition) is 2. The minimum atomic E-state index is -0.372. The molecule has 0 fully saturated rings. The summed E-state index contributed by atoms with van der Waals surface area (Å²) in [5.74, 6) is 0.147. The van der Waals surface area contributed by atoms with Gasteiger partial charge in [0.2, 0.25) is 0 Å². The topological polar surface area (TPSA) is 77.2 Å². The first-order valence-corrected chi connectivity index (χ1v) is 5.55. The lowest BCUT2D eigenvalue weighted by atomic mass is 10.2. The SMILES string of the molecule is COC(=O)C(C)NCc1cc(Br)cnc1N. The van der Waals surface area contributed by atoms with E-state index in [4.69, 9.17) is 5.73 Å². The normalized spacial score (nSPS) is 12.2. The summed E-state index contributed by atoms with van der Waals surface area (Å²) in [6, 6.07) is 1.49. The smallest absolute Gasteiger partial charge is 0.322 e. The standard InChI is InChI=1S/C10H14BrN3O2/c1-6(10(15)16-2)13-4-7-3-8(11)5-14-9(7)12/h3,5-6,13H,4H2,1-2H3,(H2,12,14). The molecule has 3 N–H and O–H groups in total. The van der Waals surface area contributed by atoms with E-state index < -0.39 is 0 Å². The highest BCUT2D eigenvalue weighted by atomic mass is 79.9. The molecular formula is C10H14BrN3O2. The Morgan fingerprint density at radius 1 is 1.75 bits per heavy atom. The zero-order chi connectivity index (χ0) is 12.1. The van der Waals surface area contributed by atoms with Crippen LogP contribution in [0.2, 0.25) is 0 Å². The molecule has 88 valence electrons. The molecular weight excluding hydrogens is 274 g/mol. The van der Waals surface area contributed by atoms with E-state index in [0.29, 0.717) is 12.4 Å². The average molecular weight is 288 g/mol. The zero-order valence-corrected chi connectivity index (χ0v) is 10.7. The number of pyridine rings is 1. The van der Waals surface area contributed by atoms with E-state index in [-0.39, 0.29) is 12.0 Å². The van der Waals surface area contributed by atoms with Crippen molar-refractivity contribution in [1.29, 1.82) is 0 Å². The van der Waals surface area contributed by atoms with E-state index in [1.165, 1.54) is 7.11 Å². The number of esters is 1. The van der Waals surface area contributed by atoms with Gasteiger partial charge in [0, 0.05) is 22.8 Å². The highest BCUT2D eigenvalue weighted by Crippen LogP contribution is 2.15. The largest absolute Gasteiger partial charge is 0.468 e. The maximum atomic E-state index is 11.1. The Kier molecular flexibility index (Phi) is 4.70. The maximum Gasteiger partial charge on any atom is 0.322 e. The first-order chi connectivity index (χ1) is 7.54. The van der Waals surface area contributed by atoms with Gasteiger partial charge in [0.1, 0.15) is 11.9 Å². The van der Waals surface area contributed by atoms with Gasteiger partial charge in [-0.1, -0.05) is 0 Å². The van der Waals surface area contributed by atoms with E-state index >= 15 is 0 Å². The molecule has 0 spiro atoms. The Morgan fingerprint density at radius 3 is 3.06 bits per heavy atom. The molecule has 0 amide bonds. The lowest BCUT2D eigenvalue weighted by Crippen LogP contribution is -2.34. The average Bonchev–Trinajstić information content (AvgIpc) is 2.28. The Balaban J connectivity index is 2.60. The van der Waals surface area contributed by atoms with Crippen LogP contribution in [0.25, 0.3) is 0 Å². The van der Waals surface area contributed by atoms with Crippen LogP contribution in [0.5, 0.6) is 0 Å². The van der Waals surface area contributed by atoms with Crippen molar-refractivity contribution < 1.29 is 9.53 Å². The van der Waals surface area contributed by atoms with Crippen molar-refractivity contribution in [2.24, 2.45) is 0 Å². The molecule has 0 saturated carbocycles. The van der Waals surface area contributed by atoms with Crippen molar-refractivity contribution >= 4 is 27.7 Å². The number of rotatable bonds is 4. The number of nitrogens with two attached hydrogens (primary N) is 1. The third kappa shape index (κ3) is 3.46. The van der Waals surface area contributed by atoms with Crippen LogP contribution in [0.4, 0.5) is 5.82 Å². The molecule has 0 aliphatic rings. The number of anilines is 1. The number of carbonyl (C=O) groups is 1. The summed E-state index contributed by atoms with van der Waals surface area (Å²) in [5.41, 5.74) is 6.53. The van der Waals surface area contributed by atoms with Gasteiger partial charge in [-0.15, -0.1) is 0 Å². The number of nitrogen functional groups attached to an aromatic ring is 1. The lowest BCUT2D eigenvalue weighted by Gasteiger charge is -2.12. The summed E-state index contributed by atoms with van der Waals surface area (Å²) in [5, 5.41) is 3.00. The molecule has 0 aliphatic heterocycles. The number of nitrogens with one attached hydrogen (secondary N) is 1. The monoisotopic (exact) mass is 287 g/mol. The van der Waals surface area contributed by atoms with Crippen LogP contribution in [0.3, 0.4) is 0 Å². The van der Waals surface area contributed by atoms with E-state index in [2.05, 4.69) is 31.0 Å². The fraction of sp³-hybridized carbons (Fsp3) is 0.400. The minimum Gasteiger partial charge on any atom is -0.468 e. The third-order valence-electron chi connectivity index (χ3n) is 2.12. The van der Waals surface area contributed by atoms with Gasteiger partial charge in [0.15, 0.2) is 0 Å². The fourth-order valence-electron chi connectivity index (χ4n) is 1.16. The van der Waals surface area contributed by atoms with Crippen LogP contribution >= 0.6 is 15.9 Å². The second-order valence-electron chi connectivity index (χ2n) is 3.32. The summed E-state index contributed by atoms with van der Waals surface area (Å²) >= 11 is 3.31. The van der Waals surface area contributed by atoms with Crippen molar-refractivity contribution in [3.05, 3.63) is 22.3 Å². The summed E-state index contributed by atoms with van der Waals surface area (Å²) in [7, 11) is 1.36. The van der Waals surface area contributed by atoms with Gasteiger partial charge in [-0.05, 0) is 28.9 Å². The Labute approximate surface area is 103 Å². The predicted molar refractivity (Wildman–Crippen MR) is 64.7 cm³/mol. The fourth-order valence-corrected chi connectivity index (χ4v) is 1.54. The van der Waals surface area contributed by atoms with Crippen molar-refractivity contribution in [3.63, 3.8) is 0 Å². The second-order valence-corrected chi connectivity index (χ2v) is 4.24. The quantitative estimate of drug-likeness (QED) is 0.811. The number of hydrogen-bond acceptors (Lipinski definition) is 5. The number of halogens is 1. The number of carbonyl (C=O) groups excluding carboxylic acids is 1. The van der Waals surface area contributed by atoms with Crippen LogP contribution in [0, 0.1) is 0 Å². The zero-order valence-electron chi connectivity index (χ0n) is 9.16. The highest BCUT2D eigenvalue weighted by molar-refractivity contribution is 9.10. The first-order valence-electron chi connectivity index (χ1n) is 4.75. The van der Waals surface area contributed by atoms with Gasteiger partial charge in [-0.25, -0.2) is 4.98 Å². The van der Waals surface area contributed by atoms with Gasteiger partial charge in [-0.2, -0.15) is 0 Å². The first kappa shape index (κ1) is 12.9. The molecule has 5 nitrogen and oxygen atoms in total. The van der Waals surface area contributed by atoms with Gasteiger partial charge in [0.25, 0.3) is 0 Å². The van der Waals surface area contributed by atoms with Crippen LogP contribution in [0.1, 0.15) is 12.5 Å². The van der Waals surface area contributed by atoms with Crippen molar-refractivity contribution in [2.75, 3.05) is 12.8 Å². The Hall–Kier alpha value is -1.14. The van der Waals surface area contributed by atoms with E-state index in [0.717, 1.165) is 10.0 Å². The van der Waals surface area contributed by atoms with E-state index in [1.807, 2.05) is 6.07 Å². The van der Waals surface area contributed by atoms with E-state index in [1.54, 1.807) is 13.1 Å². The minimum absolute atomic E-state index is 0.304. The van der Waals surface area contributed by atoms with Crippen LogP contribution in [0.15, 0.2) is 16.7 Å². The summed E-state index contributed by atoms with van der Waals surface area (Å²) < 4.78 is 5.45. The number of aromatic nitrogens is 1. The lowest BCUT2D eigenvalue weighted by molar-refractivity contribution is -0.142. The summed E-state index contributed by atoms with van der Waals surface area (Å²) in [6.07, 6.45) is 1.63. The molecule has 1 rings (SSSR count). The molecule has 0 radical (unpaired) electrons. The molecule has 6 heteroatoms. The van der Waals surface area contributed by atoms with E-state index in [9.17, 15) is 4.79 Å². The third-order valence-corrected chi connectivity index (χ3v) is 2.56. The molecule has 16 heavy (non-hydrogen) atoms. The molecule has 1 atom stereocenters. The Bertz CT molecular complexity index is 384. The van der Waals surface area contributed by atoms with Crippen LogP contribution in [-0.2, 0) is 16.1 Å². The summed E-state index contributed by atoms with van der Waals surface area (Å²) in [6.45, 7) is 2.20. The van der Waals surface area contributed by atoms with Gasteiger partial charge < -0.3 is 15.8 Å². The van der Waals surface area contributed by atoms with Gasteiger partial charge in [0.05, 0.1) is 7.11 Å². The van der Waals surface area contributed by atoms with Gasteiger partial charge >= 0.3 is 5.97 Å². The predicted octanol–water partition coefficient (Wildman–Crippen LogP) is 1.08. The molecule has 0 saturated heterocycles. The van der Waals surface area contributed by atoms with Crippen molar-refractivity contribution in [1.82, 2.24) is 10.3 Å². The van der Waals surface area contributed by atoms with Crippen molar-refractivity contribution in [3.8, 4) is 0 Å². The molecule has 0 bridgehead atoms. The summed E-state index contributed by atoms with van der Waals surface area (Å²) in [4.78, 5) is 15.1. The number of methoxy groups -OCH3 is 1. The molecule has 0 aliphatic carbocycles. The molecule has 1 unspecified atom stereocenters. The molecule has 0 aromatic carbocycles.